The third kappa shape index (κ3) is 5.55. The zero-order chi connectivity index (χ0) is 27.6. The minimum Gasteiger partial charge on any atom is -0.497 e. The summed E-state index contributed by atoms with van der Waals surface area (Å²) in [7, 11) is -2.90. The lowest BCUT2D eigenvalue weighted by Gasteiger charge is -2.26. The van der Waals surface area contributed by atoms with Gasteiger partial charge in [0, 0.05) is 38.8 Å². The van der Waals surface area contributed by atoms with Crippen molar-refractivity contribution >= 4 is 45.1 Å². The molecule has 1 fully saturated rings. The Kier molecular flexibility index (Phi) is 8.68. The molecule has 1 aromatic heterocycles. The molecule has 2 aromatic rings. The third-order valence-electron chi connectivity index (χ3n) is 6.29. The van der Waals surface area contributed by atoms with Gasteiger partial charge in [0.2, 0.25) is 5.88 Å². The summed E-state index contributed by atoms with van der Waals surface area (Å²) >= 11 is 12.5. The fourth-order valence-electron chi connectivity index (χ4n) is 4.23. The number of hydrogen-bond donors (Lipinski definition) is 1. The van der Waals surface area contributed by atoms with E-state index in [0.717, 1.165) is 26.2 Å². The normalized spacial score (nSPS) is 17.0. The fourth-order valence-corrected chi connectivity index (χ4v) is 6.25. The van der Waals surface area contributed by atoms with Crippen molar-refractivity contribution in [3.63, 3.8) is 0 Å². The number of ether oxygens (including phenoxy) is 3. The Morgan fingerprint density at radius 1 is 1.21 bits per heavy atom. The number of nitrogens with one attached hydrogen (secondary N) is 1. The van der Waals surface area contributed by atoms with E-state index in [1.165, 1.54) is 19.4 Å². The number of sulfonamides is 1. The summed E-state index contributed by atoms with van der Waals surface area (Å²) in [4.78, 5) is 32.1. The van der Waals surface area contributed by atoms with Crippen molar-refractivity contribution in [3.05, 3.63) is 45.1 Å². The van der Waals surface area contributed by atoms with E-state index in [2.05, 4.69) is 15.2 Å². The van der Waals surface area contributed by atoms with E-state index in [1.807, 2.05) is 13.8 Å². The molecule has 206 valence electrons. The van der Waals surface area contributed by atoms with Crippen molar-refractivity contribution in [1.82, 2.24) is 19.5 Å². The summed E-state index contributed by atoms with van der Waals surface area (Å²) in [6.45, 7) is 7.26. The van der Waals surface area contributed by atoms with Crippen LogP contribution in [0.2, 0.25) is 10.0 Å². The molecular formula is C24H28Cl2N4O7S. The molecular weight excluding hydrogens is 559 g/mol. The number of nitrogens with zero attached hydrogens (tertiary/aromatic N) is 3. The van der Waals surface area contributed by atoms with Gasteiger partial charge in [-0.3, -0.25) is 9.69 Å². The number of pyridine rings is 1. The number of aromatic nitrogens is 1. The Hall–Kier alpha value is -2.64. The highest BCUT2D eigenvalue weighted by Crippen LogP contribution is 2.39. The van der Waals surface area contributed by atoms with Crippen LogP contribution in [0, 0.1) is 0 Å². The number of amides is 1. The van der Waals surface area contributed by atoms with E-state index < -0.39 is 28.6 Å². The second kappa shape index (κ2) is 11.6. The smallest absolute Gasteiger partial charge is 0.343 e. The van der Waals surface area contributed by atoms with E-state index in [0.29, 0.717) is 22.2 Å². The third-order valence-corrected chi connectivity index (χ3v) is 8.65. The van der Waals surface area contributed by atoms with Crippen LogP contribution in [0.1, 0.15) is 46.0 Å². The van der Waals surface area contributed by atoms with Crippen LogP contribution in [-0.4, -0.2) is 87.7 Å². The first kappa shape index (κ1) is 28.4. The van der Waals surface area contributed by atoms with Crippen LogP contribution in [0.5, 0.6) is 11.6 Å². The summed E-state index contributed by atoms with van der Waals surface area (Å²) in [6, 6.07) is 2.89. The first-order valence-electron chi connectivity index (χ1n) is 11.9. The quantitative estimate of drug-likeness (QED) is 0.438. The molecule has 38 heavy (non-hydrogen) atoms. The molecule has 1 saturated heterocycles. The highest BCUT2D eigenvalue weighted by Gasteiger charge is 2.44. The van der Waals surface area contributed by atoms with Gasteiger partial charge in [0.15, 0.2) is 6.73 Å². The van der Waals surface area contributed by atoms with Gasteiger partial charge >= 0.3 is 5.97 Å². The Bertz CT molecular complexity index is 1350. The van der Waals surface area contributed by atoms with Crippen molar-refractivity contribution in [2.45, 2.75) is 24.7 Å². The number of carbonyl (C=O) groups is 2. The van der Waals surface area contributed by atoms with Gasteiger partial charge in [-0.05, 0) is 17.5 Å². The van der Waals surface area contributed by atoms with Crippen LogP contribution in [-0.2, 0) is 14.8 Å². The number of methoxy groups -OCH3 is 1. The molecule has 1 N–H and O–H groups in total. The number of esters is 1. The molecule has 1 aromatic carbocycles. The second-order valence-corrected chi connectivity index (χ2v) is 11.6. The van der Waals surface area contributed by atoms with Crippen LogP contribution in [0.25, 0.3) is 0 Å². The fraction of sp³-hybridized carbons (Fsp3) is 0.458. The Balaban J connectivity index is 1.49. The molecule has 0 bridgehead atoms. The lowest BCUT2D eigenvalue weighted by atomic mass is 9.96. The predicted molar refractivity (Wildman–Crippen MR) is 140 cm³/mol. The molecule has 14 heteroatoms. The van der Waals surface area contributed by atoms with E-state index in [-0.39, 0.29) is 44.5 Å². The van der Waals surface area contributed by atoms with Gasteiger partial charge in [0.05, 0.1) is 23.9 Å². The average molecular weight is 587 g/mol. The molecule has 0 spiro atoms. The van der Waals surface area contributed by atoms with Gasteiger partial charge in [-0.1, -0.05) is 37.0 Å². The van der Waals surface area contributed by atoms with Gasteiger partial charge < -0.3 is 19.5 Å². The van der Waals surface area contributed by atoms with Gasteiger partial charge in [-0.25, -0.2) is 18.2 Å². The molecule has 0 aliphatic carbocycles. The maximum Gasteiger partial charge on any atom is 0.343 e. The van der Waals surface area contributed by atoms with Crippen LogP contribution >= 0.6 is 23.2 Å². The molecule has 11 nitrogen and oxygen atoms in total. The lowest BCUT2D eigenvalue weighted by molar-refractivity contribution is 0.0357. The van der Waals surface area contributed by atoms with E-state index >= 15 is 0 Å². The first-order valence-corrected chi connectivity index (χ1v) is 14.1. The van der Waals surface area contributed by atoms with E-state index in [1.54, 1.807) is 6.07 Å². The van der Waals surface area contributed by atoms with Crippen molar-refractivity contribution in [2.75, 3.05) is 53.2 Å². The predicted octanol–water partition coefficient (Wildman–Crippen LogP) is 2.76. The average Bonchev–Trinajstić information content (AvgIpc) is 3.08. The molecule has 4 rings (SSSR count). The molecule has 3 heterocycles. The minimum atomic E-state index is -4.30. The van der Waals surface area contributed by atoms with Crippen LogP contribution < -0.4 is 14.8 Å². The van der Waals surface area contributed by atoms with Gasteiger partial charge in [-0.15, -0.1) is 0 Å². The number of carbonyl (C=O) groups excluding carboxylic acids is 2. The summed E-state index contributed by atoms with van der Waals surface area (Å²) in [5.41, 5.74) is 0.285. The second-order valence-electron chi connectivity index (χ2n) is 9.00. The number of rotatable bonds is 9. The monoisotopic (exact) mass is 586 g/mol. The molecule has 0 unspecified atom stereocenters. The first-order chi connectivity index (χ1) is 18.1. The number of hydrogen-bond acceptors (Lipinski definition) is 10. The van der Waals surface area contributed by atoms with Crippen molar-refractivity contribution in [3.8, 4) is 11.6 Å². The molecule has 2 aliphatic rings. The Morgan fingerprint density at radius 3 is 2.58 bits per heavy atom. The van der Waals surface area contributed by atoms with Crippen LogP contribution in [0.4, 0.5) is 0 Å². The zero-order valence-corrected chi connectivity index (χ0v) is 23.5. The molecule has 0 saturated carbocycles. The number of benzene rings is 1. The zero-order valence-electron chi connectivity index (χ0n) is 21.1. The standard InChI is InChI=1S/C24H28Cl2N4O7S/c1-14(2)16-10-15(35-3)11-18-19(16)23(31)30(38(18,33)34)13-37-24(32)20-17(25)12-28-22(21(20)26)36-9-8-29-6-4-27-5-7-29/h10-12,14,27H,4-9,13H2,1-3H3. The topological polar surface area (TPSA) is 127 Å². The van der Waals surface area contributed by atoms with Crippen molar-refractivity contribution < 1.29 is 32.2 Å². The van der Waals surface area contributed by atoms with E-state index in [9.17, 15) is 18.0 Å². The Morgan fingerprint density at radius 2 is 1.92 bits per heavy atom. The highest BCUT2D eigenvalue weighted by molar-refractivity contribution is 7.90. The Labute approximate surface area is 231 Å². The van der Waals surface area contributed by atoms with Gasteiger partial charge in [0.25, 0.3) is 15.9 Å². The molecule has 0 atom stereocenters. The van der Waals surface area contributed by atoms with Crippen molar-refractivity contribution in [1.29, 1.82) is 0 Å². The van der Waals surface area contributed by atoms with Gasteiger partial charge in [0.1, 0.15) is 27.8 Å². The minimum absolute atomic E-state index is 0.0101. The largest absolute Gasteiger partial charge is 0.497 e. The molecule has 1 amide bonds. The summed E-state index contributed by atoms with van der Waals surface area (Å²) < 4.78 is 43.0. The van der Waals surface area contributed by atoms with Crippen LogP contribution in [0.15, 0.2) is 23.2 Å². The van der Waals surface area contributed by atoms with Crippen LogP contribution in [0.3, 0.4) is 0 Å². The van der Waals surface area contributed by atoms with E-state index in [4.69, 9.17) is 37.4 Å². The SMILES string of the molecule is COc1cc(C(C)C)c2c(c1)S(=O)(=O)N(COC(=O)c1c(Cl)cnc(OCCN3CCNCC3)c1Cl)C2=O. The summed E-state index contributed by atoms with van der Waals surface area (Å²) in [6.07, 6.45) is 1.19. The number of piperazine rings is 1. The number of fused-ring (bicyclic) bond motifs is 1. The molecule has 0 radical (unpaired) electrons. The molecule has 2 aliphatic heterocycles. The summed E-state index contributed by atoms with van der Waals surface area (Å²) in [5.74, 6) is -1.72. The van der Waals surface area contributed by atoms with Gasteiger partial charge in [-0.2, -0.15) is 4.31 Å². The maximum atomic E-state index is 13.2. The summed E-state index contributed by atoms with van der Waals surface area (Å²) in [5, 5.41) is 2.98. The van der Waals surface area contributed by atoms with Crippen molar-refractivity contribution in [2.24, 2.45) is 0 Å². The maximum absolute atomic E-state index is 13.2. The number of halogens is 2. The lowest BCUT2D eigenvalue weighted by Crippen LogP contribution is -2.44. The highest BCUT2D eigenvalue weighted by atomic mass is 35.5.